The van der Waals surface area contributed by atoms with E-state index in [4.69, 9.17) is 0 Å². The lowest BCUT2D eigenvalue weighted by molar-refractivity contribution is -0.120. The molecule has 8 heteroatoms. The van der Waals surface area contributed by atoms with E-state index >= 15 is 0 Å². The fourth-order valence-electron chi connectivity index (χ4n) is 1.76. The van der Waals surface area contributed by atoms with Crippen molar-refractivity contribution in [1.82, 2.24) is 20.4 Å². The van der Waals surface area contributed by atoms with Crippen LogP contribution in [0.1, 0.15) is 19.8 Å². The van der Waals surface area contributed by atoms with Crippen LogP contribution in [0.15, 0.2) is 12.4 Å². The summed E-state index contributed by atoms with van der Waals surface area (Å²) in [5.74, 6) is -0.610. The molecule has 0 aliphatic carbocycles. The molecular weight excluding hydrogens is 250 g/mol. The molecule has 102 valence electrons. The molecule has 1 aliphatic heterocycles. The monoisotopic (exact) mass is 265 g/mol. The van der Waals surface area contributed by atoms with E-state index in [1.165, 1.54) is 0 Å². The second-order valence-corrected chi connectivity index (χ2v) is 4.19. The molecule has 1 fully saturated rings. The first-order chi connectivity index (χ1) is 9.08. The van der Waals surface area contributed by atoms with E-state index in [0.717, 1.165) is 6.54 Å². The Morgan fingerprint density at radius 2 is 2.32 bits per heavy atom. The number of anilines is 1. The van der Waals surface area contributed by atoms with Crippen LogP contribution in [0.25, 0.3) is 0 Å². The average Bonchev–Trinajstić information content (AvgIpc) is 2.93. The van der Waals surface area contributed by atoms with Crippen molar-refractivity contribution in [2.24, 2.45) is 0 Å². The molecule has 8 nitrogen and oxygen atoms in total. The largest absolute Gasteiger partial charge is 0.326 e. The Morgan fingerprint density at radius 1 is 1.53 bits per heavy atom. The second-order valence-electron chi connectivity index (χ2n) is 4.19. The van der Waals surface area contributed by atoms with E-state index in [0.29, 0.717) is 5.69 Å². The number of hydrogen-bond acceptors (Lipinski definition) is 4. The smallest absolute Gasteiger partial charge is 0.322 e. The van der Waals surface area contributed by atoms with Gasteiger partial charge in [-0.15, -0.1) is 0 Å². The zero-order valence-corrected chi connectivity index (χ0v) is 10.5. The van der Waals surface area contributed by atoms with Gasteiger partial charge >= 0.3 is 6.03 Å². The maximum atomic E-state index is 11.7. The summed E-state index contributed by atoms with van der Waals surface area (Å²) in [5.41, 5.74) is 0.617. The lowest BCUT2D eigenvalue weighted by Crippen LogP contribution is -2.30. The third-order valence-electron chi connectivity index (χ3n) is 2.76. The summed E-state index contributed by atoms with van der Waals surface area (Å²) < 4.78 is 1.69. The van der Waals surface area contributed by atoms with Gasteiger partial charge in [0.2, 0.25) is 5.91 Å². The molecule has 19 heavy (non-hydrogen) atoms. The van der Waals surface area contributed by atoms with Crippen molar-refractivity contribution in [1.29, 1.82) is 0 Å². The number of aryl methyl sites for hydroxylation is 1. The summed E-state index contributed by atoms with van der Waals surface area (Å²) in [4.78, 5) is 33.8. The lowest BCUT2D eigenvalue weighted by Gasteiger charge is -2.06. The van der Waals surface area contributed by atoms with E-state index in [2.05, 4.69) is 21.0 Å². The normalized spacial score (nSPS) is 18.1. The van der Waals surface area contributed by atoms with E-state index < -0.39 is 18.0 Å². The third-order valence-corrected chi connectivity index (χ3v) is 2.76. The Bertz CT molecular complexity index is 510. The molecule has 0 radical (unpaired) electrons. The first kappa shape index (κ1) is 13.1. The van der Waals surface area contributed by atoms with Gasteiger partial charge < -0.3 is 10.6 Å². The fourth-order valence-corrected chi connectivity index (χ4v) is 1.76. The number of imide groups is 1. The quantitative estimate of drug-likeness (QED) is 0.643. The summed E-state index contributed by atoms with van der Waals surface area (Å²) in [7, 11) is 0. The van der Waals surface area contributed by atoms with Crippen LogP contribution in [0.5, 0.6) is 0 Å². The van der Waals surface area contributed by atoms with Gasteiger partial charge in [-0.1, -0.05) is 0 Å². The van der Waals surface area contributed by atoms with E-state index in [-0.39, 0.29) is 18.7 Å². The van der Waals surface area contributed by atoms with Gasteiger partial charge in [-0.3, -0.25) is 19.6 Å². The van der Waals surface area contributed by atoms with E-state index in [9.17, 15) is 14.4 Å². The van der Waals surface area contributed by atoms with Crippen LogP contribution in [-0.4, -0.2) is 33.7 Å². The van der Waals surface area contributed by atoms with Crippen molar-refractivity contribution in [3.63, 3.8) is 0 Å². The molecule has 2 rings (SSSR count). The minimum atomic E-state index is -0.628. The summed E-state index contributed by atoms with van der Waals surface area (Å²) in [6.07, 6.45) is 3.70. The Balaban J connectivity index is 1.78. The zero-order valence-electron chi connectivity index (χ0n) is 10.5. The van der Waals surface area contributed by atoms with Crippen molar-refractivity contribution >= 4 is 23.5 Å². The Hall–Kier alpha value is -2.38. The predicted octanol–water partition coefficient (Wildman–Crippen LogP) is -0.170. The standard InChI is InChI=1S/C11H15N5O3/c1-2-16-6-7(5-12-16)13-9(17)4-3-8-10(18)15-11(19)14-8/h5-6,8H,2-4H2,1H3,(H,13,17)(H2,14,15,18,19)/t8-/m1/s1. The van der Waals surface area contributed by atoms with Gasteiger partial charge in [-0.05, 0) is 13.3 Å². The van der Waals surface area contributed by atoms with Gasteiger partial charge in [0, 0.05) is 19.2 Å². The van der Waals surface area contributed by atoms with Crippen molar-refractivity contribution in [3.8, 4) is 0 Å². The van der Waals surface area contributed by atoms with Crippen LogP contribution >= 0.6 is 0 Å². The van der Waals surface area contributed by atoms with Crippen LogP contribution in [0, 0.1) is 0 Å². The molecule has 1 atom stereocenters. The average molecular weight is 265 g/mol. The van der Waals surface area contributed by atoms with Crippen LogP contribution < -0.4 is 16.0 Å². The zero-order chi connectivity index (χ0) is 13.8. The predicted molar refractivity (Wildman–Crippen MR) is 66.2 cm³/mol. The second kappa shape index (κ2) is 5.51. The molecule has 0 bridgehead atoms. The summed E-state index contributed by atoms with van der Waals surface area (Å²) in [6, 6.07) is -1.14. The third kappa shape index (κ3) is 3.30. The number of urea groups is 1. The van der Waals surface area contributed by atoms with Gasteiger partial charge in [0.25, 0.3) is 5.91 Å². The number of aromatic nitrogens is 2. The Morgan fingerprint density at radius 3 is 2.89 bits per heavy atom. The molecule has 0 spiro atoms. The molecule has 2 heterocycles. The Labute approximate surface area is 109 Å². The molecule has 0 unspecified atom stereocenters. The highest BCUT2D eigenvalue weighted by molar-refractivity contribution is 6.04. The van der Waals surface area contributed by atoms with Crippen molar-refractivity contribution in [2.45, 2.75) is 32.4 Å². The van der Waals surface area contributed by atoms with Gasteiger partial charge in [0.05, 0.1) is 11.9 Å². The van der Waals surface area contributed by atoms with Crippen LogP contribution in [0.3, 0.4) is 0 Å². The number of nitrogens with one attached hydrogen (secondary N) is 3. The number of carbonyl (C=O) groups is 3. The van der Waals surface area contributed by atoms with Crippen molar-refractivity contribution in [3.05, 3.63) is 12.4 Å². The van der Waals surface area contributed by atoms with Gasteiger partial charge in [-0.25, -0.2) is 4.79 Å². The Kier molecular flexibility index (Phi) is 3.79. The number of rotatable bonds is 5. The maximum Gasteiger partial charge on any atom is 0.322 e. The molecular formula is C11H15N5O3. The van der Waals surface area contributed by atoms with Crippen LogP contribution in [-0.2, 0) is 16.1 Å². The molecule has 0 saturated carbocycles. The van der Waals surface area contributed by atoms with Crippen molar-refractivity contribution in [2.75, 3.05) is 5.32 Å². The summed E-state index contributed by atoms with van der Waals surface area (Å²) in [5, 5.41) is 11.3. The first-order valence-corrected chi connectivity index (χ1v) is 6.02. The number of hydrogen-bond donors (Lipinski definition) is 3. The van der Waals surface area contributed by atoms with Crippen LogP contribution in [0.2, 0.25) is 0 Å². The highest BCUT2D eigenvalue weighted by Crippen LogP contribution is 2.08. The highest BCUT2D eigenvalue weighted by atomic mass is 16.2. The van der Waals surface area contributed by atoms with E-state index in [1.807, 2.05) is 6.92 Å². The minimum absolute atomic E-state index is 0.148. The van der Waals surface area contributed by atoms with Crippen molar-refractivity contribution < 1.29 is 14.4 Å². The number of carbonyl (C=O) groups excluding carboxylic acids is 3. The molecule has 4 amide bonds. The topological polar surface area (TPSA) is 105 Å². The summed E-state index contributed by atoms with van der Waals surface area (Å²) in [6.45, 7) is 2.67. The molecule has 3 N–H and O–H groups in total. The van der Waals surface area contributed by atoms with Gasteiger partial charge in [-0.2, -0.15) is 5.10 Å². The first-order valence-electron chi connectivity index (χ1n) is 6.02. The van der Waals surface area contributed by atoms with Gasteiger partial charge in [0.15, 0.2) is 0 Å². The van der Waals surface area contributed by atoms with Crippen LogP contribution in [0.4, 0.5) is 10.5 Å². The highest BCUT2D eigenvalue weighted by Gasteiger charge is 2.29. The molecule has 0 aromatic carbocycles. The van der Waals surface area contributed by atoms with E-state index in [1.54, 1.807) is 17.1 Å². The molecule has 1 aromatic rings. The summed E-state index contributed by atoms with van der Waals surface area (Å²) >= 11 is 0. The van der Waals surface area contributed by atoms with Gasteiger partial charge in [0.1, 0.15) is 6.04 Å². The molecule has 1 aromatic heterocycles. The lowest BCUT2D eigenvalue weighted by atomic mass is 10.1. The maximum absolute atomic E-state index is 11.7. The molecule has 1 aliphatic rings. The molecule has 1 saturated heterocycles. The number of nitrogens with zero attached hydrogens (tertiary/aromatic N) is 2. The fraction of sp³-hybridized carbons (Fsp3) is 0.455. The SMILES string of the molecule is CCn1cc(NC(=O)CC[C@H]2NC(=O)NC2=O)cn1. The number of amides is 4. The minimum Gasteiger partial charge on any atom is -0.326 e.